The van der Waals surface area contributed by atoms with Crippen LogP contribution in [0, 0.1) is 5.92 Å². The molecule has 0 unspecified atom stereocenters. The zero-order valence-corrected chi connectivity index (χ0v) is 26.0. The highest BCUT2D eigenvalue weighted by Crippen LogP contribution is 2.12. The van der Waals surface area contributed by atoms with E-state index in [1.54, 1.807) is 31.3 Å². The summed E-state index contributed by atoms with van der Waals surface area (Å²) in [4.78, 5) is 74.2. The average molecular weight is 639 g/mol. The van der Waals surface area contributed by atoms with Gasteiger partial charge in [-0.2, -0.15) is 0 Å². The van der Waals surface area contributed by atoms with Gasteiger partial charge in [-0.25, -0.2) is 0 Å². The quantitative estimate of drug-likeness (QED) is 0.0672. The van der Waals surface area contributed by atoms with E-state index >= 15 is 0 Å². The predicted octanol–water partition coefficient (Wildman–Crippen LogP) is -1.01. The number of aliphatic carboxylic acids is 3. The molecule has 0 fully saturated rings. The number of aliphatic hydroxyl groups is 1. The van der Waals surface area contributed by atoms with Crippen molar-refractivity contribution in [3.63, 3.8) is 0 Å². The second kappa shape index (κ2) is 20.8. The number of rotatable bonds is 23. The standard InChI is InChI=1S/C29H46N6O10/c1-19(2)27(30-3)29(45)33-22(28(44)32-21-9-7-20(18-36)8-10-21)6-4-5-11-31-23(37)14-34(15-24(38)39)12-13-35(16-25(40)41)17-26(42)43/h7-10,19,22,27,30,36H,4-6,11-18H2,1-3H3,(H,31,37)(H,32,44)(H,33,45)(H,38,39)(H,40,41)(H,42,43)/t22-,27-/m0/s1. The van der Waals surface area contributed by atoms with Crippen molar-refractivity contribution in [1.29, 1.82) is 0 Å². The SMILES string of the molecule is CN[C@H](C(=O)N[C@@H](CCCCNC(=O)CN(CCN(CC(=O)O)CC(=O)O)CC(=O)O)C(=O)Nc1ccc(CO)cc1)C(C)C. The van der Waals surface area contributed by atoms with Crippen molar-refractivity contribution in [1.82, 2.24) is 25.8 Å². The number of anilines is 1. The minimum Gasteiger partial charge on any atom is -0.480 e. The van der Waals surface area contributed by atoms with Crippen LogP contribution in [0.2, 0.25) is 0 Å². The van der Waals surface area contributed by atoms with Crippen molar-refractivity contribution < 1.29 is 49.2 Å². The molecule has 0 radical (unpaired) electrons. The monoisotopic (exact) mass is 638 g/mol. The maximum Gasteiger partial charge on any atom is 0.317 e. The van der Waals surface area contributed by atoms with Crippen LogP contribution in [0.3, 0.4) is 0 Å². The summed E-state index contributed by atoms with van der Waals surface area (Å²) in [5, 5.41) is 47.6. The molecule has 0 spiro atoms. The summed E-state index contributed by atoms with van der Waals surface area (Å²) in [7, 11) is 1.66. The Bertz CT molecular complexity index is 1120. The molecule has 1 rings (SSSR count). The number of nitrogens with zero attached hydrogens (tertiary/aromatic N) is 2. The number of benzene rings is 1. The third-order valence-corrected chi connectivity index (χ3v) is 6.72. The Labute approximate surface area is 262 Å². The number of carboxylic acids is 3. The summed E-state index contributed by atoms with van der Waals surface area (Å²) < 4.78 is 0. The maximum absolute atomic E-state index is 13.1. The van der Waals surface area contributed by atoms with Gasteiger partial charge in [-0.15, -0.1) is 0 Å². The topological polar surface area (TPSA) is 238 Å². The fraction of sp³-hybridized carbons (Fsp3) is 0.586. The van der Waals surface area contributed by atoms with Crippen molar-refractivity contribution in [3.05, 3.63) is 29.8 Å². The maximum atomic E-state index is 13.1. The Morgan fingerprint density at radius 3 is 1.78 bits per heavy atom. The van der Waals surface area contributed by atoms with Gasteiger partial charge in [-0.05, 0) is 49.9 Å². The first-order valence-electron chi connectivity index (χ1n) is 14.6. The second-order valence-corrected chi connectivity index (χ2v) is 10.9. The predicted molar refractivity (Wildman–Crippen MR) is 163 cm³/mol. The lowest BCUT2D eigenvalue weighted by Crippen LogP contribution is -2.52. The van der Waals surface area contributed by atoms with Gasteiger partial charge in [0, 0.05) is 25.3 Å². The normalized spacial score (nSPS) is 12.5. The smallest absolute Gasteiger partial charge is 0.317 e. The zero-order valence-electron chi connectivity index (χ0n) is 26.0. The molecule has 45 heavy (non-hydrogen) atoms. The van der Waals surface area contributed by atoms with Crippen molar-refractivity contribution in [3.8, 4) is 0 Å². The van der Waals surface area contributed by atoms with E-state index < -0.39 is 61.4 Å². The molecule has 0 saturated carbocycles. The number of amides is 3. The van der Waals surface area contributed by atoms with Gasteiger partial charge in [0.05, 0.1) is 38.8 Å². The first kappa shape index (κ1) is 38.9. The first-order valence-corrected chi connectivity index (χ1v) is 14.6. The highest BCUT2D eigenvalue weighted by Gasteiger charge is 2.26. The van der Waals surface area contributed by atoms with Gasteiger partial charge in [-0.3, -0.25) is 38.6 Å². The number of likely N-dealkylation sites (N-methyl/N-ethyl adjacent to an activating group) is 1. The van der Waals surface area contributed by atoms with Crippen LogP contribution < -0.4 is 21.3 Å². The molecule has 252 valence electrons. The number of carboxylic acid groups (broad SMARTS) is 3. The third-order valence-electron chi connectivity index (χ3n) is 6.72. The fourth-order valence-corrected chi connectivity index (χ4v) is 4.47. The molecule has 0 heterocycles. The van der Waals surface area contributed by atoms with Gasteiger partial charge >= 0.3 is 17.9 Å². The molecule has 0 bridgehead atoms. The molecule has 16 heteroatoms. The number of nitrogens with one attached hydrogen (secondary N) is 4. The Morgan fingerprint density at radius 2 is 1.31 bits per heavy atom. The van der Waals surface area contributed by atoms with Crippen LogP contribution >= 0.6 is 0 Å². The van der Waals surface area contributed by atoms with Crippen LogP contribution in [-0.2, 0) is 35.4 Å². The summed E-state index contributed by atoms with van der Waals surface area (Å²) in [6, 6.07) is 5.24. The third kappa shape index (κ3) is 16.5. The van der Waals surface area contributed by atoms with Crippen LogP contribution in [0.1, 0.15) is 38.7 Å². The lowest BCUT2D eigenvalue weighted by atomic mass is 10.0. The number of carbonyl (C=O) groups is 6. The minimum absolute atomic E-state index is 0.0296. The molecule has 16 nitrogen and oxygen atoms in total. The molecule has 0 saturated heterocycles. The van der Waals surface area contributed by atoms with Crippen LogP contribution in [0.4, 0.5) is 5.69 Å². The molecule has 0 aliphatic heterocycles. The summed E-state index contributed by atoms with van der Waals surface area (Å²) in [5.41, 5.74) is 1.18. The zero-order chi connectivity index (χ0) is 33.9. The van der Waals surface area contributed by atoms with Gasteiger partial charge in [-0.1, -0.05) is 26.0 Å². The number of aliphatic hydroxyl groups excluding tert-OH is 1. The van der Waals surface area contributed by atoms with Crippen LogP contribution in [0.25, 0.3) is 0 Å². The number of unbranched alkanes of at least 4 members (excludes halogenated alkanes) is 1. The first-order chi connectivity index (χ1) is 21.2. The highest BCUT2D eigenvalue weighted by atomic mass is 16.4. The average Bonchev–Trinajstić information content (AvgIpc) is 2.94. The van der Waals surface area contributed by atoms with Crippen molar-refractivity contribution in [2.45, 2.75) is 51.8 Å². The van der Waals surface area contributed by atoms with E-state index in [0.29, 0.717) is 24.1 Å². The van der Waals surface area contributed by atoms with Crippen molar-refractivity contribution >= 4 is 41.3 Å². The molecular weight excluding hydrogens is 592 g/mol. The Morgan fingerprint density at radius 1 is 0.778 bits per heavy atom. The van der Waals surface area contributed by atoms with E-state index in [4.69, 9.17) is 10.2 Å². The summed E-state index contributed by atoms with van der Waals surface area (Å²) in [6.07, 6.45) is 1.16. The lowest BCUT2D eigenvalue weighted by molar-refractivity contribution is -0.143. The molecule has 3 amide bonds. The number of carbonyl (C=O) groups excluding carboxylic acids is 3. The van der Waals surface area contributed by atoms with E-state index in [9.17, 15) is 39.0 Å². The van der Waals surface area contributed by atoms with E-state index in [1.165, 1.54) is 4.90 Å². The second-order valence-electron chi connectivity index (χ2n) is 10.9. The fourth-order valence-electron chi connectivity index (χ4n) is 4.47. The highest BCUT2D eigenvalue weighted by molar-refractivity contribution is 5.97. The van der Waals surface area contributed by atoms with E-state index in [2.05, 4.69) is 21.3 Å². The molecule has 1 aromatic carbocycles. The van der Waals surface area contributed by atoms with Crippen LogP contribution in [0.15, 0.2) is 24.3 Å². The van der Waals surface area contributed by atoms with Gasteiger partial charge < -0.3 is 41.7 Å². The Kier molecular flexibility index (Phi) is 18.0. The summed E-state index contributed by atoms with van der Waals surface area (Å²) in [6.45, 7) is 1.77. The summed E-state index contributed by atoms with van der Waals surface area (Å²) >= 11 is 0. The van der Waals surface area contributed by atoms with Crippen LogP contribution in [0.5, 0.6) is 0 Å². The van der Waals surface area contributed by atoms with Gasteiger partial charge in [0.2, 0.25) is 17.7 Å². The van der Waals surface area contributed by atoms with Crippen LogP contribution in [-0.4, -0.2) is 131 Å². The minimum atomic E-state index is -1.24. The largest absolute Gasteiger partial charge is 0.480 e. The molecular formula is C29H46N6O10. The number of hydrogen-bond acceptors (Lipinski definition) is 10. The van der Waals surface area contributed by atoms with E-state index in [1.807, 2.05) is 13.8 Å². The molecule has 1 aromatic rings. The number of hydrogen-bond donors (Lipinski definition) is 8. The van der Waals surface area contributed by atoms with Crippen molar-refractivity contribution in [2.75, 3.05) is 58.2 Å². The molecule has 0 aliphatic rings. The molecule has 0 aliphatic carbocycles. The molecule has 2 atom stereocenters. The van der Waals surface area contributed by atoms with Crippen molar-refractivity contribution in [2.24, 2.45) is 5.92 Å². The Balaban J connectivity index is 2.72. The van der Waals surface area contributed by atoms with Gasteiger partial charge in [0.25, 0.3) is 0 Å². The van der Waals surface area contributed by atoms with Gasteiger partial charge in [0.1, 0.15) is 6.04 Å². The van der Waals surface area contributed by atoms with E-state index in [0.717, 1.165) is 4.90 Å². The van der Waals surface area contributed by atoms with Gasteiger partial charge in [0.15, 0.2) is 0 Å². The lowest BCUT2D eigenvalue weighted by Gasteiger charge is -2.24. The molecule has 0 aromatic heterocycles. The Hall–Kier alpha value is -4.12. The molecule has 8 N–H and O–H groups in total. The summed E-state index contributed by atoms with van der Waals surface area (Å²) in [5.74, 6) is -4.96. The van der Waals surface area contributed by atoms with E-state index in [-0.39, 0.29) is 51.0 Å².